The predicted octanol–water partition coefficient (Wildman–Crippen LogP) is 4.55. The third-order valence-corrected chi connectivity index (χ3v) is 5.52. The van der Waals surface area contributed by atoms with E-state index < -0.39 is 0 Å². The number of hydrogen-bond acceptors (Lipinski definition) is 3. The number of hydrogen-bond donors (Lipinski definition) is 0. The largest absolute Gasteiger partial charge is 0.490 e. The van der Waals surface area contributed by atoms with Gasteiger partial charge in [-0.2, -0.15) is 5.10 Å². The Bertz CT molecular complexity index is 1200. The second kappa shape index (κ2) is 7.21. The van der Waals surface area contributed by atoms with Crippen molar-refractivity contribution in [3.8, 4) is 11.4 Å². The SMILES string of the molecule is Cn1ccc(CN2CCOc3c(Cl)cc(-n4ccc5cc(F)ccc54)cc3C2)n1. The first-order valence-corrected chi connectivity index (χ1v) is 9.88. The standard InChI is InChI=1S/C22H20ClFN4O/c1-26-6-5-18(25-26)14-27-8-9-29-22-16(13-27)11-19(12-20(22)23)28-7-4-15-10-17(24)2-3-21(15)28/h2-7,10-12H,8-9,13-14H2,1H3. The lowest BCUT2D eigenvalue weighted by molar-refractivity contribution is 0.217. The van der Waals surface area contributed by atoms with Crippen molar-refractivity contribution in [1.82, 2.24) is 19.2 Å². The monoisotopic (exact) mass is 410 g/mol. The average molecular weight is 411 g/mol. The van der Waals surface area contributed by atoms with Crippen molar-refractivity contribution in [3.63, 3.8) is 0 Å². The lowest BCUT2D eigenvalue weighted by Gasteiger charge is -2.18. The molecule has 0 fully saturated rings. The summed E-state index contributed by atoms with van der Waals surface area (Å²) in [5.41, 5.74) is 3.92. The molecule has 2 aromatic heterocycles. The molecule has 29 heavy (non-hydrogen) atoms. The van der Waals surface area contributed by atoms with Crippen molar-refractivity contribution in [3.05, 3.63) is 77.0 Å². The number of benzene rings is 2. The second-order valence-electron chi connectivity index (χ2n) is 7.34. The summed E-state index contributed by atoms with van der Waals surface area (Å²) >= 11 is 6.59. The normalized spacial score (nSPS) is 14.6. The van der Waals surface area contributed by atoms with Crippen LogP contribution >= 0.6 is 11.6 Å². The Morgan fingerprint density at radius 3 is 2.86 bits per heavy atom. The van der Waals surface area contributed by atoms with Crippen LogP contribution in [0.15, 0.2) is 54.9 Å². The molecule has 0 saturated heterocycles. The highest BCUT2D eigenvalue weighted by atomic mass is 35.5. The number of aromatic nitrogens is 3. The molecule has 148 valence electrons. The summed E-state index contributed by atoms with van der Waals surface area (Å²) in [6.07, 6.45) is 3.89. The van der Waals surface area contributed by atoms with Crippen molar-refractivity contribution >= 4 is 22.5 Å². The Balaban J connectivity index is 1.51. The molecule has 7 heteroatoms. The molecule has 0 aliphatic carbocycles. The zero-order valence-electron chi connectivity index (χ0n) is 16.0. The number of nitrogens with zero attached hydrogens (tertiary/aromatic N) is 4. The molecule has 0 bridgehead atoms. The highest BCUT2D eigenvalue weighted by Gasteiger charge is 2.20. The number of rotatable bonds is 3. The lowest BCUT2D eigenvalue weighted by Crippen LogP contribution is -2.25. The molecular weight excluding hydrogens is 391 g/mol. The Morgan fingerprint density at radius 1 is 1.14 bits per heavy atom. The number of halogens is 2. The number of aryl methyl sites for hydroxylation is 1. The minimum absolute atomic E-state index is 0.242. The third-order valence-electron chi connectivity index (χ3n) is 5.24. The quantitative estimate of drug-likeness (QED) is 0.497. The first kappa shape index (κ1) is 18.2. The van der Waals surface area contributed by atoms with Crippen LogP contribution in [-0.4, -0.2) is 32.4 Å². The Labute approximate surface area is 172 Å². The molecule has 0 atom stereocenters. The fourth-order valence-corrected chi connectivity index (χ4v) is 4.19. The van der Waals surface area contributed by atoms with Crippen molar-refractivity contribution in [2.75, 3.05) is 13.2 Å². The molecule has 0 saturated carbocycles. The van der Waals surface area contributed by atoms with Gasteiger partial charge in [-0.05, 0) is 42.5 Å². The van der Waals surface area contributed by atoms with E-state index in [4.69, 9.17) is 16.3 Å². The topological polar surface area (TPSA) is 35.2 Å². The van der Waals surface area contributed by atoms with Gasteiger partial charge >= 0.3 is 0 Å². The second-order valence-corrected chi connectivity index (χ2v) is 7.75. The molecule has 0 unspecified atom stereocenters. The maximum Gasteiger partial charge on any atom is 0.142 e. The molecule has 0 N–H and O–H groups in total. The summed E-state index contributed by atoms with van der Waals surface area (Å²) in [6, 6.07) is 12.7. The van der Waals surface area contributed by atoms with Gasteiger partial charge in [0.15, 0.2) is 0 Å². The Hall–Kier alpha value is -2.83. The van der Waals surface area contributed by atoms with Crippen molar-refractivity contribution in [2.24, 2.45) is 7.05 Å². The van der Waals surface area contributed by atoms with Crippen LogP contribution in [0.2, 0.25) is 5.02 Å². The van der Waals surface area contributed by atoms with Crippen LogP contribution in [0.3, 0.4) is 0 Å². The fourth-order valence-electron chi connectivity index (χ4n) is 3.90. The van der Waals surface area contributed by atoms with Gasteiger partial charge in [0, 0.05) is 55.7 Å². The van der Waals surface area contributed by atoms with Gasteiger partial charge in [-0.15, -0.1) is 0 Å². The Morgan fingerprint density at radius 2 is 2.03 bits per heavy atom. The maximum absolute atomic E-state index is 13.5. The molecular formula is C22H20ClFN4O. The van der Waals surface area contributed by atoms with Crippen LogP contribution in [-0.2, 0) is 20.1 Å². The van der Waals surface area contributed by atoms with E-state index in [0.29, 0.717) is 18.2 Å². The first-order valence-electron chi connectivity index (χ1n) is 9.50. The smallest absolute Gasteiger partial charge is 0.142 e. The summed E-state index contributed by atoms with van der Waals surface area (Å²) in [6.45, 7) is 2.83. The van der Waals surface area contributed by atoms with E-state index in [1.807, 2.05) is 46.9 Å². The zero-order valence-corrected chi connectivity index (χ0v) is 16.7. The van der Waals surface area contributed by atoms with E-state index >= 15 is 0 Å². The van der Waals surface area contributed by atoms with Gasteiger partial charge in [0.2, 0.25) is 0 Å². The predicted molar refractivity (Wildman–Crippen MR) is 111 cm³/mol. The molecule has 5 rings (SSSR count). The summed E-state index contributed by atoms with van der Waals surface area (Å²) in [5, 5.41) is 5.92. The summed E-state index contributed by atoms with van der Waals surface area (Å²) in [7, 11) is 1.92. The molecule has 0 amide bonds. The third kappa shape index (κ3) is 3.50. The lowest BCUT2D eigenvalue weighted by atomic mass is 10.1. The van der Waals surface area contributed by atoms with Gasteiger partial charge in [0.05, 0.1) is 16.2 Å². The summed E-state index contributed by atoms with van der Waals surface area (Å²) in [5.74, 6) is 0.496. The molecule has 1 aliphatic heterocycles. The van der Waals surface area contributed by atoms with E-state index in [1.54, 1.807) is 6.07 Å². The van der Waals surface area contributed by atoms with Crippen molar-refractivity contribution in [2.45, 2.75) is 13.1 Å². The van der Waals surface area contributed by atoms with Crippen LogP contribution in [0.1, 0.15) is 11.3 Å². The van der Waals surface area contributed by atoms with E-state index in [9.17, 15) is 4.39 Å². The maximum atomic E-state index is 13.5. The molecule has 3 heterocycles. The van der Waals surface area contributed by atoms with Crippen LogP contribution in [0.5, 0.6) is 5.75 Å². The minimum atomic E-state index is -0.242. The Kier molecular flexibility index (Phi) is 4.53. The summed E-state index contributed by atoms with van der Waals surface area (Å²) in [4.78, 5) is 2.30. The van der Waals surface area contributed by atoms with Crippen LogP contribution in [0, 0.1) is 5.82 Å². The number of fused-ring (bicyclic) bond motifs is 2. The molecule has 5 nitrogen and oxygen atoms in total. The van der Waals surface area contributed by atoms with Gasteiger partial charge in [0.1, 0.15) is 18.2 Å². The van der Waals surface area contributed by atoms with Crippen LogP contribution in [0.4, 0.5) is 4.39 Å². The minimum Gasteiger partial charge on any atom is -0.490 e. The van der Waals surface area contributed by atoms with Crippen molar-refractivity contribution in [1.29, 1.82) is 0 Å². The van der Waals surface area contributed by atoms with Crippen LogP contribution in [0.25, 0.3) is 16.6 Å². The molecule has 2 aromatic carbocycles. The zero-order chi connectivity index (χ0) is 20.0. The van der Waals surface area contributed by atoms with Gasteiger partial charge in [-0.25, -0.2) is 4.39 Å². The van der Waals surface area contributed by atoms with Crippen LogP contribution < -0.4 is 4.74 Å². The fraction of sp³-hybridized carbons (Fsp3) is 0.227. The number of ether oxygens (including phenoxy) is 1. The van der Waals surface area contributed by atoms with E-state index in [-0.39, 0.29) is 5.82 Å². The molecule has 0 spiro atoms. The van der Waals surface area contributed by atoms with Gasteiger partial charge < -0.3 is 9.30 Å². The van der Waals surface area contributed by atoms with E-state index in [0.717, 1.165) is 46.7 Å². The van der Waals surface area contributed by atoms with E-state index in [2.05, 4.69) is 16.1 Å². The highest BCUT2D eigenvalue weighted by Crippen LogP contribution is 2.35. The van der Waals surface area contributed by atoms with Gasteiger partial charge in [0.25, 0.3) is 0 Å². The van der Waals surface area contributed by atoms with Gasteiger partial charge in [-0.1, -0.05) is 11.6 Å². The average Bonchev–Trinajstić information content (AvgIpc) is 3.22. The highest BCUT2D eigenvalue weighted by molar-refractivity contribution is 6.32. The molecule has 0 radical (unpaired) electrons. The van der Waals surface area contributed by atoms with Crippen molar-refractivity contribution < 1.29 is 9.13 Å². The first-order chi connectivity index (χ1) is 14.1. The van der Waals surface area contributed by atoms with E-state index in [1.165, 1.54) is 12.1 Å². The molecule has 4 aromatic rings. The summed E-state index contributed by atoms with van der Waals surface area (Å²) < 4.78 is 23.4. The molecule has 1 aliphatic rings. The van der Waals surface area contributed by atoms with Gasteiger partial charge in [-0.3, -0.25) is 9.58 Å².